The molecule has 35 heavy (non-hydrogen) atoms. The Labute approximate surface area is 220 Å². The number of halogens is 3. The third-order valence-corrected chi connectivity index (χ3v) is 6.59. The van der Waals surface area contributed by atoms with Gasteiger partial charge in [0.05, 0.1) is 15.7 Å². The second-order valence-corrected chi connectivity index (χ2v) is 9.58. The minimum Gasteiger partial charge on any atom is -0.326 e. The Balaban J connectivity index is 1.50. The molecule has 1 atom stereocenters. The number of hydrogen-bond donors (Lipinski definition) is 3. The molecule has 1 aromatic heterocycles. The van der Waals surface area contributed by atoms with E-state index in [1.54, 1.807) is 36.4 Å². The van der Waals surface area contributed by atoms with Crippen LogP contribution in [0.25, 0.3) is 10.6 Å². The topological polar surface area (TPSA) is 96.0 Å². The maximum Gasteiger partial charge on any atom is 0.319 e. The molecule has 0 saturated heterocycles. The average Bonchev–Trinajstić information content (AvgIpc) is 3.30. The summed E-state index contributed by atoms with van der Waals surface area (Å²) in [5.74, 6) is -0.456. The fraction of sp³-hybridized carbons (Fsp3) is 0.0833. The van der Waals surface area contributed by atoms with E-state index in [-0.39, 0.29) is 22.2 Å². The number of nitrogens with one attached hydrogen (secondary N) is 3. The van der Waals surface area contributed by atoms with Gasteiger partial charge in [0.25, 0.3) is 0 Å². The van der Waals surface area contributed by atoms with Crippen molar-refractivity contribution in [3.8, 4) is 10.6 Å². The molecule has 0 aliphatic carbocycles. The Hall–Kier alpha value is -3.17. The number of carbonyl (C=O) groups is 2. The number of nitrogens with zero attached hydrogens (tertiary/aromatic N) is 2. The number of hydrogen-bond acceptors (Lipinski definition) is 5. The first kappa shape index (κ1) is 24.9. The highest BCUT2D eigenvalue weighted by Gasteiger charge is 2.23. The minimum absolute atomic E-state index is 0.246. The van der Waals surface area contributed by atoms with E-state index in [0.29, 0.717) is 15.2 Å². The van der Waals surface area contributed by atoms with E-state index in [4.69, 9.17) is 34.8 Å². The second-order valence-electron chi connectivity index (χ2n) is 7.35. The summed E-state index contributed by atoms with van der Waals surface area (Å²) in [7, 11) is 0. The van der Waals surface area contributed by atoms with E-state index in [1.165, 1.54) is 11.3 Å². The maximum atomic E-state index is 13.2. The SMILES string of the molecule is O=C(Nc1c(Cl)cccc1Cl)NC(Cc1ccccc1)C(=O)Nc1nnc(-c2cccc(Cl)c2)s1. The first-order chi connectivity index (χ1) is 16.9. The van der Waals surface area contributed by atoms with Gasteiger partial charge in [0.1, 0.15) is 11.0 Å². The van der Waals surface area contributed by atoms with Gasteiger partial charge in [-0.3, -0.25) is 10.1 Å². The highest BCUT2D eigenvalue weighted by Crippen LogP contribution is 2.30. The third kappa shape index (κ3) is 6.70. The summed E-state index contributed by atoms with van der Waals surface area (Å²) in [5, 5.41) is 18.2. The number of benzene rings is 3. The largest absolute Gasteiger partial charge is 0.326 e. The Kier molecular flexibility index (Phi) is 8.20. The Morgan fingerprint density at radius 3 is 2.29 bits per heavy atom. The van der Waals surface area contributed by atoms with Crippen LogP contribution in [0.5, 0.6) is 0 Å². The number of carbonyl (C=O) groups excluding carboxylic acids is 2. The molecule has 0 spiro atoms. The van der Waals surface area contributed by atoms with E-state index in [0.717, 1.165) is 11.1 Å². The summed E-state index contributed by atoms with van der Waals surface area (Å²) < 4.78 is 0. The average molecular weight is 547 g/mol. The maximum absolute atomic E-state index is 13.2. The molecule has 0 bridgehead atoms. The first-order valence-electron chi connectivity index (χ1n) is 10.3. The molecule has 0 aliphatic rings. The lowest BCUT2D eigenvalue weighted by Crippen LogP contribution is -2.47. The molecule has 3 N–H and O–H groups in total. The zero-order valence-electron chi connectivity index (χ0n) is 18.0. The van der Waals surface area contributed by atoms with E-state index in [2.05, 4.69) is 26.1 Å². The Bertz CT molecular complexity index is 1330. The third-order valence-electron chi connectivity index (χ3n) is 4.83. The van der Waals surface area contributed by atoms with Crippen LogP contribution in [0, 0.1) is 0 Å². The molecule has 4 rings (SSSR count). The van der Waals surface area contributed by atoms with Crippen LogP contribution < -0.4 is 16.0 Å². The van der Waals surface area contributed by atoms with Gasteiger partial charge in [-0.15, -0.1) is 10.2 Å². The predicted octanol–water partition coefficient (Wildman–Crippen LogP) is 6.54. The van der Waals surface area contributed by atoms with Gasteiger partial charge in [-0.05, 0) is 29.8 Å². The van der Waals surface area contributed by atoms with Gasteiger partial charge in [-0.25, -0.2) is 4.79 Å². The van der Waals surface area contributed by atoms with Crippen LogP contribution in [-0.2, 0) is 11.2 Å². The van der Waals surface area contributed by atoms with Crippen LogP contribution in [-0.4, -0.2) is 28.2 Å². The van der Waals surface area contributed by atoms with Crippen LogP contribution in [0.3, 0.4) is 0 Å². The van der Waals surface area contributed by atoms with E-state index < -0.39 is 18.0 Å². The predicted molar refractivity (Wildman–Crippen MR) is 142 cm³/mol. The lowest BCUT2D eigenvalue weighted by Gasteiger charge is -2.19. The minimum atomic E-state index is -0.919. The van der Waals surface area contributed by atoms with E-state index in [9.17, 15) is 9.59 Å². The van der Waals surface area contributed by atoms with Crippen LogP contribution in [0.1, 0.15) is 5.56 Å². The van der Waals surface area contributed by atoms with Crippen LogP contribution in [0.2, 0.25) is 15.1 Å². The molecule has 178 valence electrons. The van der Waals surface area contributed by atoms with Crippen molar-refractivity contribution in [3.05, 3.63) is 93.4 Å². The fourth-order valence-electron chi connectivity index (χ4n) is 3.19. The van der Waals surface area contributed by atoms with Gasteiger partial charge >= 0.3 is 6.03 Å². The standard InChI is InChI=1S/C24H18Cl3N5O2S/c25-16-9-4-8-15(13-16)22-31-32-24(35-22)30-21(33)19(12-14-6-2-1-3-7-14)28-23(34)29-20-17(26)10-5-11-18(20)27/h1-11,13,19H,12H2,(H2,28,29,34)(H,30,32,33). The second kappa shape index (κ2) is 11.5. The van der Waals surface area contributed by atoms with Crippen LogP contribution in [0.15, 0.2) is 72.8 Å². The normalized spacial score (nSPS) is 11.5. The number of para-hydroxylation sites is 1. The van der Waals surface area contributed by atoms with Gasteiger partial charge in [0, 0.05) is 17.0 Å². The van der Waals surface area contributed by atoms with Crippen LogP contribution in [0.4, 0.5) is 15.6 Å². The van der Waals surface area contributed by atoms with Crippen molar-refractivity contribution >= 4 is 68.9 Å². The zero-order chi connectivity index (χ0) is 24.8. The highest BCUT2D eigenvalue weighted by molar-refractivity contribution is 7.18. The van der Waals surface area contributed by atoms with Crippen molar-refractivity contribution in [2.24, 2.45) is 0 Å². The lowest BCUT2D eigenvalue weighted by atomic mass is 10.1. The molecular formula is C24H18Cl3N5O2S. The van der Waals surface area contributed by atoms with Crippen molar-refractivity contribution in [3.63, 3.8) is 0 Å². The molecular weight excluding hydrogens is 529 g/mol. The number of rotatable bonds is 7. The molecule has 11 heteroatoms. The molecule has 3 amide bonds. The Morgan fingerprint density at radius 1 is 0.857 bits per heavy atom. The Morgan fingerprint density at radius 2 is 1.57 bits per heavy atom. The highest BCUT2D eigenvalue weighted by atomic mass is 35.5. The summed E-state index contributed by atoms with van der Waals surface area (Å²) in [6.07, 6.45) is 0.246. The first-order valence-corrected chi connectivity index (χ1v) is 12.3. The lowest BCUT2D eigenvalue weighted by molar-refractivity contribution is -0.117. The summed E-state index contributed by atoms with van der Waals surface area (Å²) >= 11 is 19.5. The summed E-state index contributed by atoms with van der Waals surface area (Å²) in [5.41, 5.74) is 1.90. The van der Waals surface area contributed by atoms with Crippen molar-refractivity contribution < 1.29 is 9.59 Å². The van der Waals surface area contributed by atoms with Gasteiger partial charge in [0.15, 0.2) is 0 Å². The fourth-order valence-corrected chi connectivity index (χ4v) is 4.61. The summed E-state index contributed by atoms with van der Waals surface area (Å²) in [6.45, 7) is 0. The molecule has 0 aliphatic heterocycles. The van der Waals surface area contributed by atoms with Gasteiger partial charge in [0.2, 0.25) is 11.0 Å². The van der Waals surface area contributed by atoms with Gasteiger partial charge < -0.3 is 10.6 Å². The van der Waals surface area contributed by atoms with E-state index in [1.807, 2.05) is 36.4 Å². The number of amides is 3. The van der Waals surface area contributed by atoms with Gasteiger partial charge in [-0.1, -0.05) is 94.7 Å². The molecule has 0 fully saturated rings. The van der Waals surface area contributed by atoms with Crippen molar-refractivity contribution in [1.82, 2.24) is 15.5 Å². The number of aromatic nitrogens is 2. The smallest absolute Gasteiger partial charge is 0.319 e. The summed E-state index contributed by atoms with van der Waals surface area (Å²) in [4.78, 5) is 25.9. The quantitative estimate of drug-likeness (QED) is 0.245. The zero-order valence-corrected chi connectivity index (χ0v) is 21.1. The molecule has 1 unspecified atom stereocenters. The molecule has 1 heterocycles. The molecule has 7 nitrogen and oxygen atoms in total. The molecule has 0 saturated carbocycles. The van der Waals surface area contributed by atoms with Crippen molar-refractivity contribution in [2.75, 3.05) is 10.6 Å². The van der Waals surface area contributed by atoms with E-state index >= 15 is 0 Å². The van der Waals surface area contributed by atoms with Gasteiger partial charge in [-0.2, -0.15) is 0 Å². The van der Waals surface area contributed by atoms with Crippen molar-refractivity contribution in [1.29, 1.82) is 0 Å². The summed E-state index contributed by atoms with van der Waals surface area (Å²) in [6, 6.07) is 19.8. The monoisotopic (exact) mass is 545 g/mol. The molecule has 4 aromatic rings. The van der Waals surface area contributed by atoms with Crippen LogP contribution >= 0.6 is 46.1 Å². The molecule has 0 radical (unpaired) electrons. The number of urea groups is 1. The molecule has 3 aromatic carbocycles. The van der Waals surface area contributed by atoms with Crippen molar-refractivity contribution in [2.45, 2.75) is 12.5 Å². The number of anilines is 2.